The van der Waals surface area contributed by atoms with Crippen LogP contribution in [0.3, 0.4) is 0 Å². The molecule has 1 nitrogen and oxygen atoms in total. The van der Waals surface area contributed by atoms with E-state index in [1.54, 1.807) is 0 Å². The molecule has 3 heteroatoms. The third-order valence-corrected chi connectivity index (χ3v) is 2.81. The zero-order valence-corrected chi connectivity index (χ0v) is 9.70. The van der Waals surface area contributed by atoms with Crippen LogP contribution in [0.4, 0.5) is 5.69 Å². The maximum atomic E-state index is 5.98. The van der Waals surface area contributed by atoms with Crippen LogP contribution in [-0.2, 0) is 0 Å². The van der Waals surface area contributed by atoms with Crippen LogP contribution >= 0.6 is 27.5 Å². The Bertz CT molecular complexity index is 297. The molecule has 0 unspecified atom stereocenters. The third kappa shape index (κ3) is 1.75. The van der Waals surface area contributed by atoms with E-state index in [1.165, 1.54) is 0 Å². The van der Waals surface area contributed by atoms with Crippen molar-refractivity contribution < 1.29 is 0 Å². The van der Waals surface area contributed by atoms with Crippen LogP contribution in [0.1, 0.15) is 5.56 Å². The molecule has 1 aromatic carbocycles. The van der Waals surface area contributed by atoms with Gasteiger partial charge in [-0.3, -0.25) is 0 Å². The summed E-state index contributed by atoms with van der Waals surface area (Å²) >= 11 is 9.46. The zero-order chi connectivity index (χ0) is 9.30. The lowest BCUT2D eigenvalue weighted by Crippen LogP contribution is -2.11. The maximum Gasteiger partial charge on any atom is 0.0550 e. The number of rotatable bonds is 1. The highest BCUT2D eigenvalue weighted by Gasteiger charge is 2.07. The van der Waals surface area contributed by atoms with Gasteiger partial charge in [0.25, 0.3) is 0 Å². The molecule has 0 aromatic heterocycles. The van der Waals surface area contributed by atoms with Gasteiger partial charge < -0.3 is 4.90 Å². The van der Waals surface area contributed by atoms with E-state index in [2.05, 4.69) is 15.9 Å². The second kappa shape index (κ2) is 3.67. The Morgan fingerprint density at radius 3 is 2.33 bits per heavy atom. The number of anilines is 1. The molecule has 0 spiro atoms. The van der Waals surface area contributed by atoms with Gasteiger partial charge in [0, 0.05) is 23.6 Å². The average molecular weight is 249 g/mol. The molecule has 0 saturated carbocycles. The lowest BCUT2D eigenvalue weighted by atomic mass is 10.2. The summed E-state index contributed by atoms with van der Waals surface area (Å²) in [4.78, 5) is 2.05. The molecule has 0 aliphatic heterocycles. The third-order valence-electron chi connectivity index (χ3n) is 1.76. The van der Waals surface area contributed by atoms with E-state index >= 15 is 0 Å². The smallest absolute Gasteiger partial charge is 0.0550 e. The minimum Gasteiger partial charge on any atom is -0.376 e. The molecule has 12 heavy (non-hydrogen) atoms. The SMILES string of the molecule is Cc1c(Cl)ccc(Br)c1N(C)C. The van der Waals surface area contributed by atoms with Crippen LogP contribution in [0.15, 0.2) is 16.6 Å². The van der Waals surface area contributed by atoms with Crippen molar-refractivity contribution in [2.24, 2.45) is 0 Å². The molecule has 1 rings (SSSR count). The van der Waals surface area contributed by atoms with Gasteiger partial charge in [-0.25, -0.2) is 0 Å². The number of hydrogen-bond acceptors (Lipinski definition) is 1. The number of halogens is 2. The lowest BCUT2D eigenvalue weighted by Gasteiger charge is -2.18. The molecule has 0 aliphatic rings. The summed E-state index contributed by atoms with van der Waals surface area (Å²) in [7, 11) is 4.01. The van der Waals surface area contributed by atoms with E-state index in [4.69, 9.17) is 11.6 Å². The maximum absolute atomic E-state index is 5.98. The summed E-state index contributed by atoms with van der Waals surface area (Å²) in [5, 5.41) is 0.807. The molecule has 0 fully saturated rings. The number of hydrogen-bond donors (Lipinski definition) is 0. The quantitative estimate of drug-likeness (QED) is 0.735. The van der Waals surface area contributed by atoms with E-state index in [-0.39, 0.29) is 0 Å². The normalized spacial score (nSPS) is 10.1. The van der Waals surface area contributed by atoms with Gasteiger partial charge in [0.05, 0.1) is 5.69 Å². The zero-order valence-electron chi connectivity index (χ0n) is 7.36. The fourth-order valence-corrected chi connectivity index (χ4v) is 2.13. The Labute approximate surface area is 86.5 Å². The highest BCUT2D eigenvalue weighted by molar-refractivity contribution is 9.10. The number of benzene rings is 1. The fraction of sp³-hybridized carbons (Fsp3) is 0.333. The minimum absolute atomic E-state index is 0.807. The van der Waals surface area contributed by atoms with Crippen LogP contribution in [0.2, 0.25) is 5.02 Å². The van der Waals surface area contributed by atoms with Gasteiger partial charge >= 0.3 is 0 Å². The molecule has 0 radical (unpaired) electrons. The predicted molar refractivity (Wildman–Crippen MR) is 58.2 cm³/mol. The molecule has 0 N–H and O–H groups in total. The molecular formula is C9H11BrClN. The van der Waals surface area contributed by atoms with Gasteiger partial charge in [0.2, 0.25) is 0 Å². The second-order valence-electron chi connectivity index (χ2n) is 2.90. The fourth-order valence-electron chi connectivity index (χ4n) is 1.19. The number of nitrogens with zero attached hydrogens (tertiary/aromatic N) is 1. The van der Waals surface area contributed by atoms with Crippen molar-refractivity contribution in [3.63, 3.8) is 0 Å². The highest BCUT2D eigenvalue weighted by atomic mass is 79.9. The molecule has 1 aromatic rings. The van der Waals surface area contributed by atoms with Gasteiger partial charge in [-0.05, 0) is 40.5 Å². The summed E-state index contributed by atoms with van der Waals surface area (Å²) in [6, 6.07) is 3.86. The van der Waals surface area contributed by atoms with Gasteiger partial charge in [-0.15, -0.1) is 0 Å². The van der Waals surface area contributed by atoms with Crippen molar-refractivity contribution in [3.05, 3.63) is 27.2 Å². The molecule has 0 amide bonds. The Morgan fingerprint density at radius 2 is 1.92 bits per heavy atom. The van der Waals surface area contributed by atoms with Gasteiger partial charge in [-0.1, -0.05) is 11.6 Å². The average Bonchev–Trinajstić information content (AvgIpc) is 1.97. The predicted octanol–water partition coefficient (Wildman–Crippen LogP) is 3.48. The van der Waals surface area contributed by atoms with E-state index in [9.17, 15) is 0 Å². The van der Waals surface area contributed by atoms with Crippen LogP contribution < -0.4 is 4.90 Å². The Hall–Kier alpha value is -0.210. The van der Waals surface area contributed by atoms with Gasteiger partial charge in [0.1, 0.15) is 0 Å². The Balaban J connectivity index is 3.33. The molecule has 0 heterocycles. The summed E-state index contributed by atoms with van der Waals surface area (Å²) in [6.07, 6.45) is 0. The van der Waals surface area contributed by atoms with E-state index < -0.39 is 0 Å². The van der Waals surface area contributed by atoms with Crippen LogP contribution in [-0.4, -0.2) is 14.1 Å². The lowest BCUT2D eigenvalue weighted by molar-refractivity contribution is 1.11. The first kappa shape index (κ1) is 9.87. The van der Waals surface area contributed by atoms with Crippen molar-refractivity contribution in [1.82, 2.24) is 0 Å². The summed E-state index contributed by atoms with van der Waals surface area (Å²) in [5.41, 5.74) is 2.25. The first-order valence-electron chi connectivity index (χ1n) is 3.66. The van der Waals surface area contributed by atoms with Gasteiger partial charge in [0.15, 0.2) is 0 Å². The van der Waals surface area contributed by atoms with Crippen molar-refractivity contribution in [2.75, 3.05) is 19.0 Å². The summed E-state index contributed by atoms with van der Waals surface area (Å²) in [6.45, 7) is 2.02. The molecule has 0 saturated heterocycles. The molecule has 0 aliphatic carbocycles. The highest BCUT2D eigenvalue weighted by Crippen LogP contribution is 2.32. The summed E-state index contributed by atoms with van der Waals surface area (Å²) < 4.78 is 1.08. The first-order chi connectivity index (χ1) is 5.54. The van der Waals surface area contributed by atoms with E-state index in [1.807, 2.05) is 38.1 Å². The second-order valence-corrected chi connectivity index (χ2v) is 4.16. The van der Waals surface area contributed by atoms with Crippen molar-refractivity contribution in [1.29, 1.82) is 0 Å². The monoisotopic (exact) mass is 247 g/mol. The molecule has 0 bridgehead atoms. The molecule has 66 valence electrons. The molecule has 0 atom stereocenters. The Morgan fingerprint density at radius 1 is 1.33 bits per heavy atom. The summed E-state index contributed by atoms with van der Waals surface area (Å²) in [5.74, 6) is 0. The van der Waals surface area contributed by atoms with Crippen molar-refractivity contribution >= 4 is 33.2 Å². The van der Waals surface area contributed by atoms with Crippen LogP contribution in [0.5, 0.6) is 0 Å². The Kier molecular flexibility index (Phi) is 3.02. The van der Waals surface area contributed by atoms with E-state index in [0.717, 1.165) is 20.7 Å². The van der Waals surface area contributed by atoms with Crippen LogP contribution in [0.25, 0.3) is 0 Å². The molecular weight excluding hydrogens is 237 g/mol. The largest absolute Gasteiger partial charge is 0.376 e. The minimum atomic E-state index is 0.807. The topological polar surface area (TPSA) is 3.24 Å². The van der Waals surface area contributed by atoms with Crippen molar-refractivity contribution in [2.45, 2.75) is 6.92 Å². The first-order valence-corrected chi connectivity index (χ1v) is 4.83. The van der Waals surface area contributed by atoms with Gasteiger partial charge in [-0.2, -0.15) is 0 Å². The standard InChI is InChI=1S/C9H11BrClN/c1-6-8(11)5-4-7(10)9(6)12(2)3/h4-5H,1-3H3. The van der Waals surface area contributed by atoms with E-state index in [0.29, 0.717) is 0 Å². The van der Waals surface area contributed by atoms with Crippen LogP contribution in [0, 0.1) is 6.92 Å². The van der Waals surface area contributed by atoms with Crippen molar-refractivity contribution in [3.8, 4) is 0 Å².